The van der Waals surface area contributed by atoms with Gasteiger partial charge in [-0.15, -0.1) is 0 Å². The summed E-state index contributed by atoms with van der Waals surface area (Å²) in [5.74, 6) is 1.83. The van der Waals surface area contributed by atoms with Gasteiger partial charge in [0.2, 0.25) is 6.79 Å². The van der Waals surface area contributed by atoms with Gasteiger partial charge in [0, 0.05) is 5.02 Å². The van der Waals surface area contributed by atoms with E-state index < -0.39 is 0 Å². The van der Waals surface area contributed by atoms with Crippen LogP contribution < -0.4 is 19.5 Å². The number of nitrogens with one attached hydrogen (secondary N) is 1. The van der Waals surface area contributed by atoms with Gasteiger partial charge in [0.15, 0.2) is 18.1 Å². The van der Waals surface area contributed by atoms with Crippen molar-refractivity contribution < 1.29 is 19.0 Å². The predicted octanol–water partition coefficient (Wildman–Crippen LogP) is 3.63. The van der Waals surface area contributed by atoms with E-state index in [1.165, 1.54) is 0 Å². The van der Waals surface area contributed by atoms with E-state index in [1.54, 1.807) is 18.2 Å². The lowest BCUT2D eigenvalue weighted by Gasteiger charge is -2.15. The molecule has 0 saturated carbocycles. The van der Waals surface area contributed by atoms with Gasteiger partial charge in [-0.3, -0.25) is 4.79 Å². The van der Waals surface area contributed by atoms with E-state index in [4.69, 9.17) is 25.8 Å². The van der Waals surface area contributed by atoms with Gasteiger partial charge in [0.1, 0.15) is 5.75 Å². The molecule has 1 atom stereocenters. The average Bonchev–Trinajstić information content (AvgIpc) is 3.03. The number of aryl methyl sites for hydroxylation is 1. The number of fused-ring (bicyclic) bond motifs is 1. The minimum Gasteiger partial charge on any atom is -0.484 e. The van der Waals surface area contributed by atoms with E-state index in [-0.39, 0.29) is 25.3 Å². The third-order valence-corrected chi connectivity index (χ3v) is 4.20. The van der Waals surface area contributed by atoms with Crippen molar-refractivity contribution in [2.24, 2.45) is 0 Å². The number of ether oxygens (including phenoxy) is 3. The van der Waals surface area contributed by atoms with Crippen LogP contribution in [0.25, 0.3) is 0 Å². The van der Waals surface area contributed by atoms with Crippen LogP contribution in [0, 0.1) is 6.92 Å². The number of hydrogen-bond acceptors (Lipinski definition) is 4. The molecule has 2 aromatic rings. The highest BCUT2D eigenvalue weighted by Gasteiger charge is 2.17. The van der Waals surface area contributed by atoms with Crippen molar-refractivity contribution in [3.8, 4) is 17.2 Å². The number of amides is 1. The molecule has 2 aromatic carbocycles. The maximum atomic E-state index is 12.1. The maximum absolute atomic E-state index is 12.1. The SMILES string of the molecule is Cc1cc(OCC(=O)N[C@H](C)c2ccc3c(c2)OCO3)ccc1Cl. The Balaban J connectivity index is 1.55. The lowest BCUT2D eigenvalue weighted by atomic mass is 10.1. The summed E-state index contributed by atoms with van der Waals surface area (Å²) in [5.41, 5.74) is 1.85. The monoisotopic (exact) mass is 347 g/mol. The third kappa shape index (κ3) is 3.74. The molecule has 0 spiro atoms. The number of hydrogen-bond donors (Lipinski definition) is 1. The average molecular weight is 348 g/mol. The molecule has 24 heavy (non-hydrogen) atoms. The number of rotatable bonds is 5. The highest BCUT2D eigenvalue weighted by Crippen LogP contribution is 2.34. The number of benzene rings is 2. The van der Waals surface area contributed by atoms with E-state index in [2.05, 4.69) is 5.32 Å². The van der Waals surface area contributed by atoms with Crippen molar-refractivity contribution in [3.63, 3.8) is 0 Å². The van der Waals surface area contributed by atoms with Crippen LogP contribution in [0.2, 0.25) is 5.02 Å². The molecule has 0 unspecified atom stereocenters. The van der Waals surface area contributed by atoms with Crippen LogP contribution in [0.1, 0.15) is 24.1 Å². The van der Waals surface area contributed by atoms with Crippen molar-refractivity contribution in [2.75, 3.05) is 13.4 Å². The zero-order chi connectivity index (χ0) is 17.1. The van der Waals surface area contributed by atoms with Gasteiger partial charge in [0.25, 0.3) is 5.91 Å². The summed E-state index contributed by atoms with van der Waals surface area (Å²) >= 11 is 5.97. The van der Waals surface area contributed by atoms with Gasteiger partial charge in [-0.2, -0.15) is 0 Å². The van der Waals surface area contributed by atoms with Crippen LogP contribution in [0.3, 0.4) is 0 Å². The highest BCUT2D eigenvalue weighted by atomic mass is 35.5. The van der Waals surface area contributed by atoms with Crippen LogP contribution >= 0.6 is 11.6 Å². The Bertz CT molecular complexity index is 763. The summed E-state index contributed by atoms with van der Waals surface area (Å²) in [6.07, 6.45) is 0. The van der Waals surface area contributed by atoms with Crippen LogP contribution in [-0.4, -0.2) is 19.3 Å². The zero-order valence-electron chi connectivity index (χ0n) is 13.5. The third-order valence-electron chi connectivity index (χ3n) is 3.77. The normalized spacial score (nSPS) is 13.5. The first-order valence-corrected chi connectivity index (χ1v) is 7.98. The van der Waals surface area contributed by atoms with Crippen LogP contribution in [0.4, 0.5) is 0 Å². The van der Waals surface area contributed by atoms with Crippen molar-refractivity contribution in [2.45, 2.75) is 19.9 Å². The molecule has 0 radical (unpaired) electrons. The molecule has 1 aliphatic heterocycles. The molecule has 6 heteroatoms. The summed E-state index contributed by atoms with van der Waals surface area (Å²) < 4.78 is 16.1. The predicted molar refractivity (Wildman–Crippen MR) is 90.8 cm³/mol. The first-order valence-electron chi connectivity index (χ1n) is 7.61. The summed E-state index contributed by atoms with van der Waals surface area (Å²) in [6.45, 7) is 3.96. The van der Waals surface area contributed by atoms with Crippen LogP contribution in [-0.2, 0) is 4.79 Å². The lowest BCUT2D eigenvalue weighted by molar-refractivity contribution is -0.123. The van der Waals surface area contributed by atoms with E-state index in [1.807, 2.05) is 32.0 Å². The molecule has 0 bridgehead atoms. The lowest BCUT2D eigenvalue weighted by Crippen LogP contribution is -2.31. The fraction of sp³-hybridized carbons (Fsp3) is 0.278. The van der Waals surface area contributed by atoms with Gasteiger partial charge in [-0.25, -0.2) is 0 Å². The Morgan fingerprint density at radius 1 is 1.25 bits per heavy atom. The molecule has 126 valence electrons. The van der Waals surface area contributed by atoms with E-state index in [0.29, 0.717) is 16.5 Å². The Kier molecular flexibility index (Phi) is 4.81. The Morgan fingerprint density at radius 3 is 2.83 bits per heavy atom. The fourth-order valence-corrected chi connectivity index (χ4v) is 2.52. The highest BCUT2D eigenvalue weighted by molar-refractivity contribution is 6.31. The van der Waals surface area contributed by atoms with E-state index >= 15 is 0 Å². The van der Waals surface area contributed by atoms with Gasteiger partial charge in [0.05, 0.1) is 6.04 Å². The molecule has 1 aliphatic rings. The van der Waals surface area contributed by atoms with Crippen molar-refractivity contribution >= 4 is 17.5 Å². The van der Waals surface area contributed by atoms with Crippen LogP contribution in [0.15, 0.2) is 36.4 Å². The van der Waals surface area contributed by atoms with E-state index in [9.17, 15) is 4.79 Å². The minimum atomic E-state index is -0.201. The molecule has 5 nitrogen and oxygen atoms in total. The summed E-state index contributed by atoms with van der Waals surface area (Å²) in [7, 11) is 0. The van der Waals surface area contributed by atoms with Crippen molar-refractivity contribution in [3.05, 3.63) is 52.5 Å². The molecular weight excluding hydrogens is 330 g/mol. The molecule has 0 aromatic heterocycles. The first kappa shape index (κ1) is 16.5. The second kappa shape index (κ2) is 7.01. The van der Waals surface area contributed by atoms with Crippen LogP contribution in [0.5, 0.6) is 17.2 Å². The first-order chi connectivity index (χ1) is 11.5. The number of halogens is 1. The molecule has 1 N–H and O–H groups in total. The second-order valence-electron chi connectivity index (χ2n) is 5.60. The summed E-state index contributed by atoms with van der Waals surface area (Å²) in [6, 6.07) is 10.7. The molecule has 1 amide bonds. The van der Waals surface area contributed by atoms with E-state index in [0.717, 1.165) is 16.9 Å². The molecule has 1 heterocycles. The topological polar surface area (TPSA) is 56.8 Å². The van der Waals surface area contributed by atoms with Gasteiger partial charge >= 0.3 is 0 Å². The molecule has 3 rings (SSSR count). The molecule has 0 fully saturated rings. The number of carbonyl (C=O) groups is 1. The summed E-state index contributed by atoms with van der Waals surface area (Å²) in [5, 5.41) is 3.57. The largest absolute Gasteiger partial charge is 0.484 e. The minimum absolute atomic E-state index is 0.0596. The smallest absolute Gasteiger partial charge is 0.258 e. The number of carbonyl (C=O) groups excluding carboxylic acids is 1. The van der Waals surface area contributed by atoms with Crippen molar-refractivity contribution in [1.82, 2.24) is 5.32 Å². The second-order valence-corrected chi connectivity index (χ2v) is 6.01. The quantitative estimate of drug-likeness (QED) is 0.897. The van der Waals surface area contributed by atoms with Gasteiger partial charge in [-0.1, -0.05) is 17.7 Å². The standard InChI is InChI=1S/C18H18ClNO4/c1-11-7-14(4-5-15(11)19)22-9-18(21)20-12(2)13-3-6-16-17(8-13)24-10-23-16/h3-8,12H,9-10H2,1-2H3,(H,20,21)/t12-/m1/s1. The van der Waals surface area contributed by atoms with Gasteiger partial charge < -0.3 is 19.5 Å². The van der Waals surface area contributed by atoms with Gasteiger partial charge in [-0.05, 0) is 55.3 Å². The Morgan fingerprint density at radius 2 is 2.04 bits per heavy atom. The molecule has 0 saturated heterocycles. The zero-order valence-corrected chi connectivity index (χ0v) is 14.2. The Labute approximate surface area is 145 Å². The van der Waals surface area contributed by atoms with Crippen molar-refractivity contribution in [1.29, 1.82) is 0 Å². The summed E-state index contributed by atoms with van der Waals surface area (Å²) in [4.78, 5) is 12.1. The molecular formula is C18H18ClNO4. The fourth-order valence-electron chi connectivity index (χ4n) is 2.40. The Hall–Kier alpha value is -2.40. The maximum Gasteiger partial charge on any atom is 0.258 e. The molecule has 0 aliphatic carbocycles.